The fourth-order valence-corrected chi connectivity index (χ4v) is 4.47. The van der Waals surface area contributed by atoms with Crippen LogP contribution in [-0.2, 0) is 32.3 Å². The van der Waals surface area contributed by atoms with Crippen molar-refractivity contribution in [3.63, 3.8) is 0 Å². The lowest BCUT2D eigenvalue weighted by atomic mass is 10.1. The largest absolute Gasteiger partial charge is 0.493 e. The maximum absolute atomic E-state index is 12.7. The van der Waals surface area contributed by atoms with Gasteiger partial charge in [0, 0.05) is 25.6 Å². The minimum Gasteiger partial charge on any atom is -0.493 e. The van der Waals surface area contributed by atoms with Gasteiger partial charge in [-0.15, -0.1) is 0 Å². The molecule has 12 heteroatoms. The molecule has 0 saturated carbocycles. The van der Waals surface area contributed by atoms with Crippen LogP contribution < -0.4 is 14.9 Å². The molecule has 44 heavy (non-hydrogen) atoms. The maximum atomic E-state index is 12.7. The Balaban J connectivity index is 1.39. The first kappa shape index (κ1) is 32.2. The van der Waals surface area contributed by atoms with Gasteiger partial charge in [-0.25, -0.2) is 19.5 Å². The van der Waals surface area contributed by atoms with Crippen LogP contribution in [0.25, 0.3) is 0 Å². The number of guanidine groups is 1. The number of amides is 2. The molecule has 1 aliphatic heterocycles. The zero-order valence-electron chi connectivity index (χ0n) is 24.8. The molecule has 0 aromatic heterocycles. The van der Waals surface area contributed by atoms with E-state index in [4.69, 9.17) is 30.8 Å². The van der Waals surface area contributed by atoms with Crippen molar-refractivity contribution < 1.29 is 33.6 Å². The normalized spacial score (nSPS) is 12.1. The molecule has 232 valence electrons. The number of benzene rings is 3. The van der Waals surface area contributed by atoms with Crippen LogP contribution in [-0.4, -0.2) is 60.0 Å². The molecule has 0 bridgehead atoms. The zero-order chi connectivity index (χ0) is 31.5. The molecule has 1 aliphatic rings. The Hall–Kier alpha value is -4.77. The molecule has 3 aromatic rings. The zero-order valence-corrected chi connectivity index (χ0v) is 25.6. The minimum absolute atomic E-state index is 0.0184. The van der Waals surface area contributed by atoms with Crippen molar-refractivity contribution in [3.05, 3.63) is 88.9 Å². The van der Waals surface area contributed by atoms with E-state index in [0.717, 1.165) is 5.56 Å². The lowest BCUT2D eigenvalue weighted by molar-refractivity contribution is -0.214. The Kier molecular flexibility index (Phi) is 11.4. The monoisotopic (exact) mass is 622 g/mol. The van der Waals surface area contributed by atoms with Gasteiger partial charge in [0.15, 0.2) is 5.75 Å². The summed E-state index contributed by atoms with van der Waals surface area (Å²) in [6.07, 6.45) is -0.249. The number of hydrogen-bond acceptors (Lipinski definition) is 9. The number of alkyl carbamates (subject to hydrolysis) is 1. The van der Waals surface area contributed by atoms with Gasteiger partial charge in [-0.3, -0.25) is 15.0 Å². The van der Waals surface area contributed by atoms with E-state index in [9.17, 15) is 14.4 Å². The van der Waals surface area contributed by atoms with Crippen molar-refractivity contribution in [3.8, 4) is 11.5 Å². The van der Waals surface area contributed by atoms with Crippen LogP contribution in [0.15, 0.2) is 77.8 Å². The molecule has 0 aliphatic carbocycles. The average molecular weight is 623 g/mol. The number of aliphatic imine (C=N–C) groups is 1. The highest BCUT2D eigenvalue weighted by atomic mass is 35.5. The fraction of sp³-hybridized carbons (Fsp3) is 0.312. The first-order chi connectivity index (χ1) is 21.2. The van der Waals surface area contributed by atoms with Gasteiger partial charge in [0.2, 0.25) is 11.9 Å². The number of para-hydroxylation sites is 1. The third kappa shape index (κ3) is 9.37. The van der Waals surface area contributed by atoms with Crippen LogP contribution >= 0.6 is 11.6 Å². The van der Waals surface area contributed by atoms with E-state index >= 15 is 0 Å². The molecule has 0 radical (unpaired) electrons. The Morgan fingerprint density at radius 2 is 1.73 bits per heavy atom. The molecule has 3 aromatic carbocycles. The number of hydrogen-bond donors (Lipinski definition) is 1. The van der Waals surface area contributed by atoms with Crippen molar-refractivity contribution in [2.75, 3.05) is 20.2 Å². The molecule has 4 rings (SSSR count). The Morgan fingerprint density at radius 1 is 1.00 bits per heavy atom. The van der Waals surface area contributed by atoms with E-state index in [1.807, 2.05) is 30.3 Å². The second kappa shape index (κ2) is 15.6. The molecular weight excluding hydrogens is 588 g/mol. The van der Waals surface area contributed by atoms with Gasteiger partial charge in [0.25, 0.3) is 0 Å². The van der Waals surface area contributed by atoms with Crippen LogP contribution in [0.5, 0.6) is 11.5 Å². The van der Waals surface area contributed by atoms with E-state index in [1.54, 1.807) is 68.3 Å². The number of ether oxygens (including phenoxy) is 2. The van der Waals surface area contributed by atoms with Crippen molar-refractivity contribution in [2.24, 2.45) is 4.99 Å². The van der Waals surface area contributed by atoms with Crippen LogP contribution in [0.1, 0.15) is 37.8 Å². The third-order valence-corrected chi connectivity index (χ3v) is 6.71. The molecule has 0 unspecified atom stereocenters. The lowest BCUT2D eigenvalue weighted by Gasteiger charge is -2.30. The molecular formula is C32H35ClN4O7. The number of nitrogens with zero attached hydrogens (tertiary/aromatic N) is 3. The number of rotatable bonds is 12. The molecule has 0 spiro atoms. The number of carbonyl (C=O) groups excluding carboxylic acids is 3. The number of nitrogens with one attached hydrogen (secondary N) is 1. The molecule has 11 nitrogen and oxygen atoms in total. The highest BCUT2D eigenvalue weighted by Crippen LogP contribution is 2.33. The quantitative estimate of drug-likeness (QED) is 0.157. The summed E-state index contributed by atoms with van der Waals surface area (Å²) in [4.78, 5) is 55.6. The summed E-state index contributed by atoms with van der Waals surface area (Å²) in [5.41, 5.74) is 2.31. The van der Waals surface area contributed by atoms with E-state index in [-0.39, 0.29) is 41.8 Å². The fourth-order valence-electron chi connectivity index (χ4n) is 4.30. The van der Waals surface area contributed by atoms with Gasteiger partial charge < -0.3 is 19.3 Å². The second-order valence-electron chi connectivity index (χ2n) is 10.3. The Labute approximate surface area is 261 Å². The SMILES string of the molecule is CC(C)OC(=O)NC1=Nc2cccc(OCCCC(=O)N(C)Cc3ccccc3)c2CN1CC(=O)OOc1ccccc1Cl. The van der Waals surface area contributed by atoms with Gasteiger partial charge in [0.1, 0.15) is 12.3 Å². The van der Waals surface area contributed by atoms with E-state index in [0.29, 0.717) is 43.0 Å². The van der Waals surface area contributed by atoms with Gasteiger partial charge in [0.05, 0.1) is 30.0 Å². The number of fused-ring (bicyclic) bond motifs is 1. The van der Waals surface area contributed by atoms with E-state index < -0.39 is 12.1 Å². The second-order valence-corrected chi connectivity index (χ2v) is 10.7. The van der Waals surface area contributed by atoms with Crippen LogP contribution in [0.4, 0.5) is 10.5 Å². The maximum Gasteiger partial charge on any atom is 0.414 e. The average Bonchev–Trinajstić information content (AvgIpc) is 2.99. The summed E-state index contributed by atoms with van der Waals surface area (Å²) in [6.45, 7) is 4.11. The van der Waals surface area contributed by atoms with Crippen LogP contribution in [0, 0.1) is 0 Å². The Morgan fingerprint density at radius 3 is 2.48 bits per heavy atom. The standard InChI is InChI=1S/C32H35ClN4O7/c1-22(2)42-32(40)35-31-34-26-14-9-16-27(41-18-10-17-29(38)36(3)19-23-11-5-4-6-12-23)24(26)20-37(31)21-30(39)44-43-28-15-8-7-13-25(28)33/h4-9,11-16,22H,10,17-21H2,1-3H3,(H,34,35,40). The predicted molar refractivity (Wildman–Crippen MR) is 165 cm³/mol. The Bertz CT molecular complexity index is 1480. The molecule has 0 atom stereocenters. The van der Waals surface area contributed by atoms with Gasteiger partial charge in [-0.2, -0.15) is 0 Å². The summed E-state index contributed by atoms with van der Waals surface area (Å²) in [5, 5.41) is 2.88. The van der Waals surface area contributed by atoms with E-state index in [2.05, 4.69) is 10.3 Å². The summed E-state index contributed by atoms with van der Waals surface area (Å²) >= 11 is 6.07. The highest BCUT2D eigenvalue weighted by molar-refractivity contribution is 6.32. The lowest BCUT2D eigenvalue weighted by Crippen LogP contribution is -2.48. The van der Waals surface area contributed by atoms with Crippen molar-refractivity contribution in [1.82, 2.24) is 15.1 Å². The predicted octanol–water partition coefficient (Wildman–Crippen LogP) is 5.63. The van der Waals surface area contributed by atoms with Crippen LogP contribution in [0.3, 0.4) is 0 Å². The number of carbonyl (C=O) groups is 3. The third-order valence-electron chi connectivity index (χ3n) is 6.40. The summed E-state index contributed by atoms with van der Waals surface area (Å²) in [6, 6.07) is 21.7. The summed E-state index contributed by atoms with van der Waals surface area (Å²) in [5.74, 6) is 0.0915. The van der Waals surface area contributed by atoms with Gasteiger partial charge >= 0.3 is 12.1 Å². The summed E-state index contributed by atoms with van der Waals surface area (Å²) in [7, 11) is 1.78. The van der Waals surface area contributed by atoms with Crippen molar-refractivity contribution in [1.29, 1.82) is 0 Å². The van der Waals surface area contributed by atoms with E-state index in [1.165, 1.54) is 4.90 Å². The number of halogens is 1. The first-order valence-electron chi connectivity index (χ1n) is 14.2. The van der Waals surface area contributed by atoms with Crippen molar-refractivity contribution in [2.45, 2.75) is 45.9 Å². The molecule has 0 fully saturated rings. The molecule has 1 N–H and O–H groups in total. The smallest absolute Gasteiger partial charge is 0.414 e. The molecule has 2 amide bonds. The topological polar surface area (TPSA) is 119 Å². The molecule has 1 heterocycles. The highest BCUT2D eigenvalue weighted by Gasteiger charge is 2.27. The van der Waals surface area contributed by atoms with Gasteiger partial charge in [-0.05, 0) is 50.1 Å². The molecule has 0 saturated heterocycles. The van der Waals surface area contributed by atoms with Gasteiger partial charge in [-0.1, -0.05) is 60.1 Å². The summed E-state index contributed by atoms with van der Waals surface area (Å²) < 4.78 is 11.3. The van der Waals surface area contributed by atoms with Crippen LogP contribution in [0.2, 0.25) is 5.02 Å². The first-order valence-corrected chi connectivity index (χ1v) is 14.5. The minimum atomic E-state index is -0.753. The van der Waals surface area contributed by atoms with Crippen molar-refractivity contribution >= 4 is 41.2 Å².